The van der Waals surface area contributed by atoms with Gasteiger partial charge in [0.25, 0.3) is 0 Å². The Morgan fingerprint density at radius 2 is 2.00 bits per heavy atom. The van der Waals surface area contributed by atoms with Crippen LogP contribution in [0.2, 0.25) is 5.02 Å². The van der Waals surface area contributed by atoms with E-state index < -0.39 is 6.10 Å². The lowest BCUT2D eigenvalue weighted by molar-refractivity contribution is 0.0313. The minimum absolute atomic E-state index is 0.245. The van der Waals surface area contributed by atoms with Gasteiger partial charge in [0.05, 0.1) is 6.10 Å². The van der Waals surface area contributed by atoms with Gasteiger partial charge in [-0.3, -0.25) is 4.90 Å². The molecule has 0 aromatic heterocycles. The Balaban J connectivity index is 1.59. The van der Waals surface area contributed by atoms with E-state index in [0.717, 1.165) is 32.5 Å². The second kappa shape index (κ2) is 10.3. The Kier molecular flexibility index (Phi) is 7.74. The lowest BCUT2D eigenvalue weighted by Gasteiger charge is -2.28. The molecule has 3 rings (SSSR count). The normalized spacial score (nSPS) is 17.8. The molecule has 0 radical (unpaired) electrons. The van der Waals surface area contributed by atoms with Gasteiger partial charge in [-0.05, 0) is 62.1 Å². The molecule has 2 aromatic rings. The SMILES string of the molecule is Cc1ccc(CN(CC(O)COc2ccc(Cl)cc2)CC2CCCO2)c(C)c1. The van der Waals surface area contributed by atoms with Crippen LogP contribution in [0.3, 0.4) is 0 Å². The van der Waals surface area contributed by atoms with E-state index >= 15 is 0 Å². The molecule has 1 aliphatic heterocycles. The summed E-state index contributed by atoms with van der Waals surface area (Å²) in [6, 6.07) is 13.7. The van der Waals surface area contributed by atoms with Crippen LogP contribution < -0.4 is 4.74 Å². The molecule has 0 saturated carbocycles. The number of aliphatic hydroxyl groups is 1. The molecular formula is C23H30ClNO3. The van der Waals surface area contributed by atoms with Crippen LogP contribution in [0.5, 0.6) is 5.75 Å². The molecule has 1 fully saturated rings. The molecule has 152 valence electrons. The number of benzene rings is 2. The standard InChI is InChI=1S/C23H30ClNO3/c1-17-5-6-19(18(2)12-17)13-25(15-23-4-3-11-27-23)14-21(26)16-28-22-9-7-20(24)8-10-22/h5-10,12,21,23,26H,3-4,11,13-16H2,1-2H3. The number of ether oxygens (including phenoxy) is 2. The summed E-state index contributed by atoms with van der Waals surface area (Å²) in [5.41, 5.74) is 3.84. The summed E-state index contributed by atoms with van der Waals surface area (Å²) in [5, 5.41) is 11.2. The zero-order chi connectivity index (χ0) is 19.9. The minimum atomic E-state index is -0.581. The summed E-state index contributed by atoms with van der Waals surface area (Å²) in [6.45, 7) is 7.50. The highest BCUT2D eigenvalue weighted by Gasteiger charge is 2.22. The van der Waals surface area contributed by atoms with Crippen LogP contribution in [0.4, 0.5) is 0 Å². The fraction of sp³-hybridized carbons (Fsp3) is 0.478. The molecule has 4 nitrogen and oxygen atoms in total. The number of hydrogen-bond acceptors (Lipinski definition) is 4. The number of hydrogen-bond donors (Lipinski definition) is 1. The molecule has 2 unspecified atom stereocenters. The number of aliphatic hydroxyl groups excluding tert-OH is 1. The summed E-state index contributed by atoms with van der Waals surface area (Å²) < 4.78 is 11.5. The van der Waals surface area contributed by atoms with Crippen LogP contribution in [-0.4, -0.2) is 48.5 Å². The third-order valence-electron chi connectivity index (χ3n) is 5.10. The second-order valence-corrected chi connectivity index (χ2v) is 8.11. The molecule has 0 amide bonds. The molecular weight excluding hydrogens is 374 g/mol. The summed E-state index contributed by atoms with van der Waals surface area (Å²) in [7, 11) is 0. The van der Waals surface area contributed by atoms with Gasteiger partial charge in [0.15, 0.2) is 0 Å². The molecule has 28 heavy (non-hydrogen) atoms. The predicted octanol–water partition coefficient (Wildman–Crippen LogP) is 4.38. The second-order valence-electron chi connectivity index (χ2n) is 7.68. The first-order valence-electron chi connectivity index (χ1n) is 9.96. The van der Waals surface area contributed by atoms with Gasteiger partial charge in [-0.15, -0.1) is 0 Å². The first kappa shape index (κ1) is 21.1. The molecule has 2 aromatic carbocycles. The molecule has 1 saturated heterocycles. The monoisotopic (exact) mass is 403 g/mol. The summed E-state index contributed by atoms with van der Waals surface area (Å²) >= 11 is 5.90. The quantitative estimate of drug-likeness (QED) is 0.674. The Hall–Kier alpha value is -1.59. The van der Waals surface area contributed by atoms with Crippen LogP contribution in [0.15, 0.2) is 42.5 Å². The summed E-state index contributed by atoms with van der Waals surface area (Å²) in [4.78, 5) is 2.28. The minimum Gasteiger partial charge on any atom is -0.491 e. The van der Waals surface area contributed by atoms with Gasteiger partial charge in [-0.25, -0.2) is 0 Å². The van der Waals surface area contributed by atoms with Crippen LogP contribution in [0.1, 0.15) is 29.5 Å². The molecule has 0 spiro atoms. The largest absolute Gasteiger partial charge is 0.491 e. The maximum absolute atomic E-state index is 10.6. The van der Waals surface area contributed by atoms with Crippen molar-refractivity contribution in [2.45, 2.75) is 45.4 Å². The van der Waals surface area contributed by atoms with Crippen LogP contribution in [0.25, 0.3) is 0 Å². The average molecular weight is 404 g/mol. The zero-order valence-corrected chi connectivity index (χ0v) is 17.5. The summed E-state index contributed by atoms with van der Waals surface area (Å²) in [5.74, 6) is 0.712. The van der Waals surface area contributed by atoms with Crippen molar-refractivity contribution in [1.82, 2.24) is 4.90 Å². The molecule has 0 aliphatic carbocycles. The van der Waals surface area contributed by atoms with E-state index in [-0.39, 0.29) is 12.7 Å². The van der Waals surface area contributed by atoms with Crippen LogP contribution >= 0.6 is 11.6 Å². The van der Waals surface area contributed by atoms with Gasteiger partial charge in [-0.1, -0.05) is 35.4 Å². The van der Waals surface area contributed by atoms with Crippen molar-refractivity contribution >= 4 is 11.6 Å². The third-order valence-corrected chi connectivity index (χ3v) is 5.35. The zero-order valence-electron chi connectivity index (χ0n) is 16.7. The van der Waals surface area contributed by atoms with Crippen LogP contribution in [0, 0.1) is 13.8 Å². The smallest absolute Gasteiger partial charge is 0.119 e. The number of aryl methyl sites for hydroxylation is 2. The van der Waals surface area contributed by atoms with Crippen molar-refractivity contribution in [2.75, 3.05) is 26.3 Å². The van der Waals surface area contributed by atoms with E-state index in [1.165, 1.54) is 16.7 Å². The van der Waals surface area contributed by atoms with E-state index in [1.54, 1.807) is 12.1 Å². The average Bonchev–Trinajstić information content (AvgIpc) is 3.16. The number of nitrogens with zero attached hydrogens (tertiary/aromatic N) is 1. The molecule has 2 atom stereocenters. The van der Waals surface area contributed by atoms with Crippen molar-refractivity contribution in [3.05, 3.63) is 64.2 Å². The van der Waals surface area contributed by atoms with Crippen LogP contribution in [-0.2, 0) is 11.3 Å². The lowest BCUT2D eigenvalue weighted by Crippen LogP contribution is -2.39. The Labute approximate surface area is 173 Å². The van der Waals surface area contributed by atoms with Crippen molar-refractivity contribution < 1.29 is 14.6 Å². The fourth-order valence-corrected chi connectivity index (χ4v) is 3.74. The Morgan fingerprint density at radius 1 is 1.21 bits per heavy atom. The van der Waals surface area contributed by atoms with Crippen molar-refractivity contribution in [3.63, 3.8) is 0 Å². The molecule has 1 aliphatic rings. The van der Waals surface area contributed by atoms with Gasteiger partial charge >= 0.3 is 0 Å². The lowest BCUT2D eigenvalue weighted by atomic mass is 10.0. The van der Waals surface area contributed by atoms with Gasteiger partial charge < -0.3 is 14.6 Å². The van der Waals surface area contributed by atoms with Crippen molar-refractivity contribution in [2.24, 2.45) is 0 Å². The highest BCUT2D eigenvalue weighted by atomic mass is 35.5. The number of halogens is 1. The Bertz CT molecular complexity index is 744. The predicted molar refractivity (Wildman–Crippen MR) is 113 cm³/mol. The van der Waals surface area contributed by atoms with E-state index in [2.05, 4.69) is 36.9 Å². The first-order chi connectivity index (χ1) is 13.5. The van der Waals surface area contributed by atoms with E-state index in [4.69, 9.17) is 21.1 Å². The van der Waals surface area contributed by atoms with Gasteiger partial charge in [0.2, 0.25) is 0 Å². The Morgan fingerprint density at radius 3 is 2.68 bits per heavy atom. The maximum atomic E-state index is 10.6. The third kappa shape index (κ3) is 6.49. The van der Waals surface area contributed by atoms with Gasteiger partial charge in [0.1, 0.15) is 18.5 Å². The molecule has 5 heteroatoms. The van der Waals surface area contributed by atoms with Gasteiger partial charge in [0, 0.05) is 31.3 Å². The van der Waals surface area contributed by atoms with Gasteiger partial charge in [-0.2, -0.15) is 0 Å². The number of rotatable bonds is 9. The first-order valence-corrected chi connectivity index (χ1v) is 10.3. The molecule has 1 heterocycles. The van der Waals surface area contributed by atoms with Crippen molar-refractivity contribution in [3.8, 4) is 5.75 Å². The van der Waals surface area contributed by atoms with E-state index in [0.29, 0.717) is 17.3 Å². The fourth-order valence-electron chi connectivity index (χ4n) is 3.62. The molecule has 0 bridgehead atoms. The highest BCUT2D eigenvalue weighted by Crippen LogP contribution is 2.19. The topological polar surface area (TPSA) is 41.9 Å². The van der Waals surface area contributed by atoms with E-state index in [9.17, 15) is 5.11 Å². The maximum Gasteiger partial charge on any atom is 0.119 e. The molecule has 1 N–H and O–H groups in total. The highest BCUT2D eigenvalue weighted by molar-refractivity contribution is 6.30. The van der Waals surface area contributed by atoms with Crippen molar-refractivity contribution in [1.29, 1.82) is 0 Å². The summed E-state index contributed by atoms with van der Waals surface area (Å²) in [6.07, 6.45) is 1.86. The van der Waals surface area contributed by atoms with E-state index in [1.807, 2.05) is 12.1 Å².